The lowest BCUT2D eigenvalue weighted by molar-refractivity contribution is -0.117. The van der Waals surface area contributed by atoms with Crippen LogP contribution in [0.15, 0.2) is 54.6 Å². The fraction of sp³-hybridized carbons (Fsp3) is 0.316. The molecule has 1 N–H and O–H groups in total. The van der Waals surface area contributed by atoms with Gasteiger partial charge in [-0.1, -0.05) is 30.3 Å². The molecule has 0 aliphatic heterocycles. The maximum absolute atomic E-state index is 12.3. The first-order valence-electron chi connectivity index (χ1n) is 7.80. The largest absolute Gasteiger partial charge is 0.497 e. The first-order valence-corrected chi connectivity index (χ1v) is 7.80. The van der Waals surface area contributed by atoms with Crippen molar-refractivity contribution in [2.75, 3.05) is 19.0 Å². The summed E-state index contributed by atoms with van der Waals surface area (Å²) in [6.45, 7) is 5.32. The zero-order valence-corrected chi connectivity index (χ0v) is 14.0. The second kappa shape index (κ2) is 8.34. The highest BCUT2D eigenvalue weighted by atomic mass is 16.5. The van der Waals surface area contributed by atoms with Gasteiger partial charge in [-0.2, -0.15) is 0 Å². The molecular formula is C19H24N2O2. The van der Waals surface area contributed by atoms with E-state index in [2.05, 4.69) is 36.2 Å². The third-order valence-corrected chi connectivity index (χ3v) is 3.68. The SMILES string of the molecule is COc1ccc(NC(=O)CN(Cc2ccccc2)C(C)C)cc1. The molecule has 0 spiro atoms. The van der Waals surface area contributed by atoms with Crippen molar-refractivity contribution in [2.24, 2.45) is 0 Å². The molecule has 0 fully saturated rings. The van der Waals surface area contributed by atoms with Crippen molar-refractivity contribution >= 4 is 11.6 Å². The van der Waals surface area contributed by atoms with Crippen LogP contribution < -0.4 is 10.1 Å². The number of hydrogen-bond donors (Lipinski definition) is 1. The molecule has 1 amide bonds. The molecule has 4 heteroatoms. The van der Waals surface area contributed by atoms with Gasteiger partial charge in [0.2, 0.25) is 5.91 Å². The average Bonchev–Trinajstić information content (AvgIpc) is 2.56. The molecule has 0 saturated heterocycles. The molecule has 0 aromatic heterocycles. The van der Waals surface area contributed by atoms with Gasteiger partial charge in [-0.3, -0.25) is 9.69 Å². The maximum atomic E-state index is 12.3. The van der Waals surface area contributed by atoms with E-state index in [9.17, 15) is 4.79 Å². The first-order chi connectivity index (χ1) is 11.1. The maximum Gasteiger partial charge on any atom is 0.238 e. The van der Waals surface area contributed by atoms with Crippen LogP contribution in [0.4, 0.5) is 5.69 Å². The zero-order valence-electron chi connectivity index (χ0n) is 14.0. The number of benzene rings is 2. The normalized spacial score (nSPS) is 10.8. The molecule has 0 bridgehead atoms. The molecule has 2 aromatic rings. The van der Waals surface area contributed by atoms with Crippen molar-refractivity contribution in [3.05, 3.63) is 60.2 Å². The van der Waals surface area contributed by atoms with Gasteiger partial charge >= 0.3 is 0 Å². The molecule has 4 nitrogen and oxygen atoms in total. The Labute approximate surface area is 138 Å². The molecule has 122 valence electrons. The Balaban J connectivity index is 1.94. The van der Waals surface area contributed by atoms with Crippen LogP contribution in [0.2, 0.25) is 0 Å². The Hall–Kier alpha value is -2.33. The molecule has 0 unspecified atom stereocenters. The lowest BCUT2D eigenvalue weighted by atomic mass is 10.2. The van der Waals surface area contributed by atoms with Crippen molar-refractivity contribution in [3.8, 4) is 5.75 Å². The molecule has 2 rings (SSSR count). The number of ether oxygens (including phenoxy) is 1. The smallest absolute Gasteiger partial charge is 0.238 e. The van der Waals surface area contributed by atoms with Gasteiger partial charge in [0.1, 0.15) is 5.75 Å². The summed E-state index contributed by atoms with van der Waals surface area (Å²) in [6, 6.07) is 17.8. The van der Waals surface area contributed by atoms with E-state index in [1.807, 2.05) is 42.5 Å². The van der Waals surface area contributed by atoms with Crippen LogP contribution in [0.1, 0.15) is 19.4 Å². The summed E-state index contributed by atoms with van der Waals surface area (Å²) in [4.78, 5) is 14.4. The lowest BCUT2D eigenvalue weighted by Crippen LogP contribution is -2.37. The van der Waals surface area contributed by atoms with Gasteiger partial charge in [-0.25, -0.2) is 0 Å². The van der Waals surface area contributed by atoms with Crippen LogP contribution in [-0.4, -0.2) is 30.5 Å². The van der Waals surface area contributed by atoms with E-state index in [1.165, 1.54) is 5.56 Å². The van der Waals surface area contributed by atoms with Crippen LogP contribution in [0, 0.1) is 0 Å². The fourth-order valence-corrected chi connectivity index (χ4v) is 2.30. The third-order valence-electron chi connectivity index (χ3n) is 3.68. The highest BCUT2D eigenvalue weighted by Gasteiger charge is 2.14. The molecule has 23 heavy (non-hydrogen) atoms. The Bertz CT molecular complexity index is 609. The number of carbonyl (C=O) groups excluding carboxylic acids is 1. The van der Waals surface area contributed by atoms with E-state index >= 15 is 0 Å². The van der Waals surface area contributed by atoms with E-state index < -0.39 is 0 Å². The van der Waals surface area contributed by atoms with Crippen LogP contribution in [-0.2, 0) is 11.3 Å². The van der Waals surface area contributed by atoms with Crippen LogP contribution >= 0.6 is 0 Å². The molecule has 0 heterocycles. The summed E-state index contributed by atoms with van der Waals surface area (Å²) in [7, 11) is 1.62. The zero-order chi connectivity index (χ0) is 16.7. The number of nitrogens with zero attached hydrogens (tertiary/aromatic N) is 1. The van der Waals surface area contributed by atoms with Crippen molar-refractivity contribution < 1.29 is 9.53 Å². The highest BCUT2D eigenvalue weighted by Crippen LogP contribution is 2.15. The summed E-state index contributed by atoms with van der Waals surface area (Å²) in [6.07, 6.45) is 0. The topological polar surface area (TPSA) is 41.6 Å². The Morgan fingerprint density at radius 2 is 1.74 bits per heavy atom. The summed E-state index contributed by atoms with van der Waals surface area (Å²) in [5, 5.41) is 2.93. The van der Waals surface area contributed by atoms with Crippen molar-refractivity contribution in [1.82, 2.24) is 4.90 Å². The molecule has 0 aliphatic carbocycles. The minimum atomic E-state index is -0.0141. The number of nitrogens with one attached hydrogen (secondary N) is 1. The summed E-state index contributed by atoms with van der Waals surface area (Å²) < 4.78 is 5.12. The van der Waals surface area contributed by atoms with Gasteiger partial charge in [0, 0.05) is 18.3 Å². The molecule has 0 radical (unpaired) electrons. The van der Waals surface area contributed by atoms with Gasteiger partial charge in [0.25, 0.3) is 0 Å². The number of anilines is 1. The predicted molar refractivity (Wildman–Crippen MR) is 93.6 cm³/mol. The number of methoxy groups -OCH3 is 1. The quantitative estimate of drug-likeness (QED) is 0.850. The minimum Gasteiger partial charge on any atom is -0.497 e. The minimum absolute atomic E-state index is 0.0141. The van der Waals surface area contributed by atoms with Gasteiger partial charge in [-0.15, -0.1) is 0 Å². The van der Waals surface area contributed by atoms with E-state index in [1.54, 1.807) is 7.11 Å². The van der Waals surface area contributed by atoms with E-state index in [0.717, 1.165) is 18.0 Å². The molecule has 0 saturated carbocycles. The van der Waals surface area contributed by atoms with E-state index in [4.69, 9.17) is 4.74 Å². The second-order valence-corrected chi connectivity index (χ2v) is 5.76. The molecule has 0 atom stereocenters. The van der Waals surface area contributed by atoms with Crippen molar-refractivity contribution in [3.63, 3.8) is 0 Å². The van der Waals surface area contributed by atoms with Crippen LogP contribution in [0.3, 0.4) is 0 Å². The molecule has 2 aromatic carbocycles. The summed E-state index contributed by atoms with van der Waals surface area (Å²) >= 11 is 0. The monoisotopic (exact) mass is 312 g/mol. The average molecular weight is 312 g/mol. The molecule has 0 aliphatic rings. The van der Waals surface area contributed by atoms with Gasteiger partial charge in [0.15, 0.2) is 0 Å². The predicted octanol–water partition coefficient (Wildman–Crippen LogP) is 3.54. The van der Waals surface area contributed by atoms with E-state index in [0.29, 0.717) is 6.54 Å². The number of rotatable bonds is 7. The highest BCUT2D eigenvalue weighted by molar-refractivity contribution is 5.92. The number of amides is 1. The summed E-state index contributed by atoms with van der Waals surface area (Å²) in [5.74, 6) is 0.760. The second-order valence-electron chi connectivity index (χ2n) is 5.76. The Kier molecular flexibility index (Phi) is 6.18. The van der Waals surface area contributed by atoms with Crippen molar-refractivity contribution in [2.45, 2.75) is 26.4 Å². The number of hydrogen-bond acceptors (Lipinski definition) is 3. The van der Waals surface area contributed by atoms with Gasteiger partial charge < -0.3 is 10.1 Å². The molecular weight excluding hydrogens is 288 g/mol. The first kappa shape index (κ1) is 17.0. The van der Waals surface area contributed by atoms with Crippen molar-refractivity contribution in [1.29, 1.82) is 0 Å². The van der Waals surface area contributed by atoms with Crippen LogP contribution in [0.25, 0.3) is 0 Å². The Morgan fingerprint density at radius 1 is 1.09 bits per heavy atom. The summed E-state index contributed by atoms with van der Waals surface area (Å²) in [5.41, 5.74) is 1.98. The van der Waals surface area contributed by atoms with Crippen LogP contribution in [0.5, 0.6) is 5.75 Å². The fourth-order valence-electron chi connectivity index (χ4n) is 2.30. The third kappa shape index (κ3) is 5.42. The number of carbonyl (C=O) groups is 1. The van der Waals surface area contributed by atoms with Gasteiger partial charge in [0.05, 0.1) is 13.7 Å². The Morgan fingerprint density at radius 3 is 2.30 bits per heavy atom. The van der Waals surface area contributed by atoms with E-state index in [-0.39, 0.29) is 11.9 Å². The standard InChI is InChI=1S/C19H24N2O2/c1-15(2)21(13-16-7-5-4-6-8-16)14-19(22)20-17-9-11-18(23-3)12-10-17/h4-12,15H,13-14H2,1-3H3,(H,20,22). The van der Waals surface area contributed by atoms with Gasteiger partial charge in [-0.05, 0) is 43.7 Å². The lowest BCUT2D eigenvalue weighted by Gasteiger charge is -2.26.